The Kier molecular flexibility index (Phi) is 4.96. The average molecular weight is 326 g/mol. The fourth-order valence-corrected chi connectivity index (χ4v) is 3.11. The number of piperidine rings is 1. The van der Waals surface area contributed by atoms with Crippen LogP contribution < -0.4 is 0 Å². The number of nitrogens with zero attached hydrogens (tertiary/aromatic N) is 1. The van der Waals surface area contributed by atoms with E-state index in [1.54, 1.807) is 17.0 Å². The molecule has 1 aromatic carbocycles. The summed E-state index contributed by atoms with van der Waals surface area (Å²) in [5.41, 5.74) is -0.128. The van der Waals surface area contributed by atoms with Gasteiger partial charge in [-0.05, 0) is 37.0 Å². The summed E-state index contributed by atoms with van der Waals surface area (Å²) in [5, 5.41) is 19.1. The Balaban J connectivity index is 2.09. The van der Waals surface area contributed by atoms with Crippen molar-refractivity contribution in [2.45, 2.75) is 32.6 Å². The number of halogens is 1. The first-order valence-electron chi connectivity index (χ1n) is 7.36. The molecule has 0 aliphatic carbocycles. The molecule has 6 heteroatoms. The standard InChI is InChI=1S/C16H20ClNO4/c1-2-16(15(21)22)6-3-7-18(10-16)14(20)9-11-4-5-13(19)12(17)8-11/h4-5,8,19H,2-3,6-7,9-10H2,1H3,(H,21,22). The average Bonchev–Trinajstić information content (AvgIpc) is 2.50. The first kappa shape index (κ1) is 16.6. The number of aliphatic carboxylic acids is 1. The number of benzene rings is 1. The second-order valence-corrected chi connectivity index (χ2v) is 6.23. The molecule has 0 spiro atoms. The zero-order chi connectivity index (χ0) is 16.3. The Labute approximate surface area is 134 Å². The van der Waals surface area contributed by atoms with E-state index in [9.17, 15) is 19.8 Å². The number of phenols is 1. The molecule has 1 atom stereocenters. The molecule has 120 valence electrons. The number of likely N-dealkylation sites (tertiary alicyclic amines) is 1. The van der Waals surface area contributed by atoms with Crippen LogP contribution in [0.5, 0.6) is 5.75 Å². The van der Waals surface area contributed by atoms with Gasteiger partial charge in [0.15, 0.2) is 0 Å². The molecule has 2 rings (SSSR count). The molecule has 0 radical (unpaired) electrons. The second-order valence-electron chi connectivity index (χ2n) is 5.82. The molecule has 1 aliphatic rings. The second kappa shape index (κ2) is 6.57. The van der Waals surface area contributed by atoms with Crippen LogP contribution in [0.15, 0.2) is 18.2 Å². The van der Waals surface area contributed by atoms with Crippen molar-refractivity contribution in [3.8, 4) is 5.75 Å². The molecule has 0 bridgehead atoms. The van der Waals surface area contributed by atoms with Gasteiger partial charge in [-0.3, -0.25) is 9.59 Å². The van der Waals surface area contributed by atoms with Gasteiger partial charge in [-0.1, -0.05) is 24.6 Å². The molecule has 1 amide bonds. The lowest BCUT2D eigenvalue weighted by molar-refractivity contribution is -0.155. The number of rotatable bonds is 4. The minimum Gasteiger partial charge on any atom is -0.506 e. The lowest BCUT2D eigenvalue weighted by atomic mass is 9.77. The van der Waals surface area contributed by atoms with Crippen molar-refractivity contribution in [3.05, 3.63) is 28.8 Å². The maximum atomic E-state index is 12.4. The Hall–Kier alpha value is -1.75. The summed E-state index contributed by atoms with van der Waals surface area (Å²) in [5.74, 6) is -0.965. The van der Waals surface area contributed by atoms with Crippen LogP contribution in [-0.4, -0.2) is 40.1 Å². The largest absolute Gasteiger partial charge is 0.506 e. The third-order valence-corrected chi connectivity index (χ3v) is 4.73. The zero-order valence-corrected chi connectivity index (χ0v) is 13.3. The van der Waals surface area contributed by atoms with E-state index >= 15 is 0 Å². The van der Waals surface area contributed by atoms with Gasteiger partial charge in [0.25, 0.3) is 0 Å². The van der Waals surface area contributed by atoms with Crippen molar-refractivity contribution in [2.75, 3.05) is 13.1 Å². The lowest BCUT2D eigenvalue weighted by Crippen LogP contribution is -2.50. The minimum atomic E-state index is -0.833. The van der Waals surface area contributed by atoms with Crippen LogP contribution in [0, 0.1) is 5.41 Å². The molecule has 0 saturated carbocycles. The van der Waals surface area contributed by atoms with E-state index < -0.39 is 11.4 Å². The fourth-order valence-electron chi connectivity index (χ4n) is 2.91. The van der Waals surface area contributed by atoms with Crippen molar-refractivity contribution in [2.24, 2.45) is 5.41 Å². The highest BCUT2D eigenvalue weighted by atomic mass is 35.5. The van der Waals surface area contributed by atoms with Crippen LogP contribution in [-0.2, 0) is 16.0 Å². The van der Waals surface area contributed by atoms with Crippen molar-refractivity contribution in [1.29, 1.82) is 0 Å². The normalized spacial score (nSPS) is 21.6. The maximum absolute atomic E-state index is 12.4. The third-order valence-electron chi connectivity index (χ3n) is 4.43. The predicted molar refractivity (Wildman–Crippen MR) is 83.0 cm³/mol. The van der Waals surface area contributed by atoms with Gasteiger partial charge in [-0.25, -0.2) is 0 Å². The van der Waals surface area contributed by atoms with Crippen molar-refractivity contribution < 1.29 is 19.8 Å². The molecule has 0 aromatic heterocycles. The van der Waals surface area contributed by atoms with Crippen LogP contribution in [0.25, 0.3) is 0 Å². The summed E-state index contributed by atoms with van der Waals surface area (Å²) in [6, 6.07) is 4.66. The summed E-state index contributed by atoms with van der Waals surface area (Å²) in [4.78, 5) is 25.6. The topological polar surface area (TPSA) is 77.8 Å². The summed E-state index contributed by atoms with van der Waals surface area (Å²) in [6.45, 7) is 2.69. The smallest absolute Gasteiger partial charge is 0.311 e. The number of phenolic OH excluding ortho intramolecular Hbond substituents is 1. The fraction of sp³-hybridized carbons (Fsp3) is 0.500. The summed E-state index contributed by atoms with van der Waals surface area (Å²) in [7, 11) is 0. The van der Waals surface area contributed by atoms with E-state index in [-0.39, 0.29) is 29.6 Å². The van der Waals surface area contributed by atoms with E-state index in [1.165, 1.54) is 6.07 Å². The summed E-state index contributed by atoms with van der Waals surface area (Å²) >= 11 is 5.84. The molecule has 22 heavy (non-hydrogen) atoms. The highest BCUT2D eigenvalue weighted by Gasteiger charge is 2.41. The molecular formula is C16H20ClNO4. The molecular weight excluding hydrogens is 306 g/mol. The van der Waals surface area contributed by atoms with Gasteiger partial charge in [-0.15, -0.1) is 0 Å². The number of carboxylic acid groups (broad SMARTS) is 1. The number of hydrogen-bond donors (Lipinski definition) is 2. The van der Waals surface area contributed by atoms with Crippen LogP contribution in [0.1, 0.15) is 31.7 Å². The minimum absolute atomic E-state index is 0.0216. The van der Waals surface area contributed by atoms with Crippen LogP contribution >= 0.6 is 11.6 Å². The number of carbonyl (C=O) groups excluding carboxylic acids is 1. The molecule has 1 fully saturated rings. The van der Waals surface area contributed by atoms with Crippen LogP contribution in [0.4, 0.5) is 0 Å². The maximum Gasteiger partial charge on any atom is 0.311 e. The monoisotopic (exact) mass is 325 g/mol. The third kappa shape index (κ3) is 3.35. The molecule has 1 saturated heterocycles. The summed E-state index contributed by atoms with van der Waals surface area (Å²) < 4.78 is 0. The number of carbonyl (C=O) groups is 2. The predicted octanol–water partition coefficient (Wildman–Crippen LogP) is 2.69. The summed E-state index contributed by atoms with van der Waals surface area (Å²) in [6.07, 6.45) is 1.96. The van der Waals surface area contributed by atoms with Gasteiger partial charge in [0, 0.05) is 13.1 Å². The van der Waals surface area contributed by atoms with Gasteiger partial charge in [-0.2, -0.15) is 0 Å². The van der Waals surface area contributed by atoms with E-state index in [4.69, 9.17) is 11.6 Å². The van der Waals surface area contributed by atoms with Gasteiger partial charge in [0.05, 0.1) is 16.9 Å². The van der Waals surface area contributed by atoms with Gasteiger partial charge >= 0.3 is 5.97 Å². The Morgan fingerprint density at radius 1 is 1.41 bits per heavy atom. The Morgan fingerprint density at radius 3 is 2.73 bits per heavy atom. The molecule has 2 N–H and O–H groups in total. The molecule has 1 aliphatic heterocycles. The lowest BCUT2D eigenvalue weighted by Gasteiger charge is -2.39. The Morgan fingerprint density at radius 2 is 2.14 bits per heavy atom. The molecule has 5 nitrogen and oxygen atoms in total. The number of amides is 1. The SMILES string of the molecule is CCC1(C(=O)O)CCCN(C(=O)Cc2ccc(O)c(Cl)c2)C1. The van der Waals surface area contributed by atoms with E-state index in [1.807, 2.05) is 6.92 Å². The number of hydrogen-bond acceptors (Lipinski definition) is 3. The van der Waals surface area contributed by atoms with Crippen molar-refractivity contribution >= 4 is 23.5 Å². The number of carboxylic acids is 1. The quantitative estimate of drug-likeness (QED) is 0.892. The molecule has 1 heterocycles. The van der Waals surface area contributed by atoms with E-state index in [2.05, 4.69) is 0 Å². The highest BCUT2D eigenvalue weighted by molar-refractivity contribution is 6.32. The first-order valence-corrected chi connectivity index (χ1v) is 7.74. The number of aromatic hydroxyl groups is 1. The van der Waals surface area contributed by atoms with E-state index in [0.717, 1.165) is 0 Å². The van der Waals surface area contributed by atoms with Gasteiger partial charge in [0.1, 0.15) is 5.75 Å². The van der Waals surface area contributed by atoms with Crippen molar-refractivity contribution in [1.82, 2.24) is 4.90 Å². The molecule has 1 unspecified atom stereocenters. The first-order chi connectivity index (χ1) is 10.4. The van der Waals surface area contributed by atoms with Gasteiger partial charge < -0.3 is 15.1 Å². The van der Waals surface area contributed by atoms with Crippen molar-refractivity contribution in [3.63, 3.8) is 0 Å². The van der Waals surface area contributed by atoms with E-state index in [0.29, 0.717) is 31.4 Å². The Bertz CT molecular complexity index is 590. The molecule has 1 aromatic rings. The highest BCUT2D eigenvalue weighted by Crippen LogP contribution is 2.34. The van der Waals surface area contributed by atoms with Gasteiger partial charge in [0.2, 0.25) is 5.91 Å². The van der Waals surface area contributed by atoms with Crippen LogP contribution in [0.3, 0.4) is 0 Å². The zero-order valence-electron chi connectivity index (χ0n) is 12.5. The van der Waals surface area contributed by atoms with Crippen LogP contribution in [0.2, 0.25) is 5.02 Å².